The van der Waals surface area contributed by atoms with Crippen molar-refractivity contribution >= 4 is 52.9 Å². The Bertz CT molecular complexity index is 2520. The van der Waals surface area contributed by atoms with Gasteiger partial charge >= 0.3 is 30.5 Å². The van der Waals surface area contributed by atoms with E-state index in [2.05, 4.69) is 19.9 Å². The molecule has 0 bridgehead atoms. The highest BCUT2D eigenvalue weighted by Gasteiger charge is 2.49. The largest absolute Gasteiger partial charge is 0.479 e. The van der Waals surface area contributed by atoms with E-state index in [1.807, 2.05) is 0 Å². The number of carbonyl (C=O) groups is 5. The van der Waals surface area contributed by atoms with Gasteiger partial charge in [0.1, 0.15) is 28.8 Å². The molecule has 3 N–H and O–H groups in total. The predicted molar refractivity (Wildman–Crippen MR) is 237 cm³/mol. The number of rotatable bonds is 8. The average Bonchev–Trinajstić information content (AvgIpc) is 3.80. The first-order valence-corrected chi connectivity index (χ1v) is 21.7. The summed E-state index contributed by atoms with van der Waals surface area (Å²) in [5, 5.41) is 9.33. The van der Waals surface area contributed by atoms with Crippen LogP contribution in [0.1, 0.15) is 77.2 Å². The van der Waals surface area contributed by atoms with Gasteiger partial charge in [-0.3, -0.25) is 39.3 Å². The Hall–Kier alpha value is -6.07. The Kier molecular flexibility index (Phi) is 18.4. The zero-order chi connectivity index (χ0) is 52.7. The fourth-order valence-electron chi connectivity index (χ4n) is 6.58. The number of amides is 2. The second-order valence-corrected chi connectivity index (χ2v) is 18.4. The summed E-state index contributed by atoms with van der Waals surface area (Å²) in [6.07, 6.45) is -9.05. The van der Waals surface area contributed by atoms with Crippen molar-refractivity contribution in [2.24, 2.45) is 5.73 Å². The van der Waals surface area contributed by atoms with E-state index in [1.165, 1.54) is 24.5 Å². The lowest BCUT2D eigenvalue weighted by atomic mass is 10.0. The number of nitrogens with two attached hydrogens (primary N) is 1. The summed E-state index contributed by atoms with van der Waals surface area (Å²) in [6.45, 7) is 9.24. The Balaban J connectivity index is 0.000000250. The summed E-state index contributed by atoms with van der Waals surface area (Å²) in [5.74, 6) is -3.01. The standard InChI is InChI=1S/C23H24ClF4N3O3.C12H9ClF3N3.C10H14FNO5/c1-22(2,3)34-21(33)31-12-14(25)8-18(31)19(32)6-5-15-9-16(17(24)11-29-15)13-4-7-20(30-10-13)23(26,27)28;13-10-6-18-8(4-17)3-9(10)7-1-2-11(19-5-7)12(14,15)16;1-10(2,3)17-9(16)12-4-5(11)7(13)6(12)8(14)15/h4,7,9-11,14,18H,5-6,8,12H2,1-3H3;1-3,5-6H,4,17H2;5-6H,4H2,1-3H3,(H,14,15)/t14-,18+;;5-,6-/m1.0/s1. The lowest BCUT2D eigenvalue weighted by Crippen LogP contribution is -2.45. The monoisotopic (exact) mass is 1040 g/mol. The zero-order valence-corrected chi connectivity index (χ0v) is 39.7. The van der Waals surface area contributed by atoms with Crippen molar-refractivity contribution in [2.75, 3.05) is 13.1 Å². The third-order valence-electron chi connectivity index (χ3n) is 9.75. The molecule has 2 aliphatic heterocycles. The molecule has 4 aromatic heterocycles. The van der Waals surface area contributed by atoms with Crippen LogP contribution >= 0.6 is 23.2 Å². The van der Waals surface area contributed by atoms with Crippen LogP contribution in [0.5, 0.6) is 0 Å². The number of pyridine rings is 4. The summed E-state index contributed by atoms with van der Waals surface area (Å²) in [7, 11) is 0. The molecule has 0 saturated carbocycles. The van der Waals surface area contributed by atoms with E-state index < -0.39 is 89.9 Å². The van der Waals surface area contributed by atoms with Crippen LogP contribution in [0.2, 0.25) is 10.0 Å². The molecule has 380 valence electrons. The van der Waals surface area contributed by atoms with Gasteiger partial charge in [0.15, 0.2) is 18.0 Å². The fourth-order valence-corrected chi connectivity index (χ4v) is 7.00. The number of carbonyl (C=O) groups excluding carboxylic acids is 4. The van der Waals surface area contributed by atoms with Gasteiger partial charge in [0, 0.05) is 72.1 Å². The van der Waals surface area contributed by atoms with Gasteiger partial charge < -0.3 is 20.3 Å². The molecule has 0 aliphatic carbocycles. The smallest absolute Gasteiger partial charge is 0.433 e. The Morgan fingerprint density at radius 3 is 1.59 bits per heavy atom. The minimum absolute atomic E-state index is 0.0178. The van der Waals surface area contributed by atoms with Crippen LogP contribution < -0.4 is 5.73 Å². The number of carboxylic acids is 1. The maximum Gasteiger partial charge on any atom is 0.433 e. The number of aliphatic carboxylic acids is 1. The minimum atomic E-state index is -4.56. The molecule has 15 nitrogen and oxygen atoms in total. The summed E-state index contributed by atoms with van der Waals surface area (Å²) in [5.41, 5.74) is 4.75. The number of hydrogen-bond acceptors (Lipinski definition) is 12. The van der Waals surface area contributed by atoms with Crippen LogP contribution in [0, 0.1) is 0 Å². The second kappa shape index (κ2) is 22.8. The number of alkyl halides is 8. The molecule has 2 amide bonds. The van der Waals surface area contributed by atoms with E-state index in [4.69, 9.17) is 43.5 Å². The number of carboxylic acid groups (broad SMARTS) is 1. The molecular formula is C45H47Cl2F8N7O8. The first-order chi connectivity index (χ1) is 32.3. The fraction of sp³-hybridized carbons (Fsp3) is 0.444. The first-order valence-electron chi connectivity index (χ1n) is 20.9. The van der Waals surface area contributed by atoms with Crippen molar-refractivity contribution in [3.8, 4) is 22.3 Å². The molecule has 6 heterocycles. The number of nitrogens with zero attached hydrogens (tertiary/aromatic N) is 6. The van der Waals surface area contributed by atoms with Gasteiger partial charge in [-0.05, 0) is 72.2 Å². The Labute approximate surface area is 405 Å². The zero-order valence-electron chi connectivity index (χ0n) is 38.2. The van der Waals surface area contributed by atoms with Gasteiger partial charge in [0.05, 0.1) is 34.9 Å². The molecule has 2 aliphatic rings. The molecule has 0 radical (unpaired) electrons. The molecule has 2 saturated heterocycles. The number of aromatic nitrogens is 4. The molecule has 4 atom stereocenters. The number of ketones is 2. The molecular weight excluding hydrogens is 989 g/mol. The van der Waals surface area contributed by atoms with Crippen molar-refractivity contribution in [3.05, 3.63) is 94.0 Å². The van der Waals surface area contributed by atoms with E-state index in [0.29, 0.717) is 43.6 Å². The maximum absolute atomic E-state index is 14.0. The van der Waals surface area contributed by atoms with E-state index in [9.17, 15) is 59.1 Å². The van der Waals surface area contributed by atoms with Gasteiger partial charge in [-0.25, -0.2) is 23.2 Å². The number of ether oxygens (including phenoxy) is 2. The van der Waals surface area contributed by atoms with E-state index in [-0.39, 0.29) is 43.2 Å². The lowest BCUT2D eigenvalue weighted by molar-refractivity contribution is -0.146. The number of likely N-dealkylation sites (tertiary alicyclic amines) is 2. The van der Waals surface area contributed by atoms with Crippen LogP contribution in [-0.2, 0) is 49.2 Å². The molecule has 6 rings (SSSR count). The third-order valence-corrected chi connectivity index (χ3v) is 10.4. The predicted octanol–water partition coefficient (Wildman–Crippen LogP) is 9.54. The van der Waals surface area contributed by atoms with Crippen molar-refractivity contribution < 1.29 is 73.7 Å². The summed E-state index contributed by atoms with van der Waals surface area (Å²) < 4.78 is 113. The van der Waals surface area contributed by atoms with Gasteiger partial charge in [-0.2, -0.15) is 26.3 Å². The van der Waals surface area contributed by atoms with E-state index in [0.717, 1.165) is 29.4 Å². The van der Waals surface area contributed by atoms with Gasteiger partial charge in [0.25, 0.3) is 0 Å². The van der Waals surface area contributed by atoms with Crippen LogP contribution in [0.3, 0.4) is 0 Å². The van der Waals surface area contributed by atoms with Gasteiger partial charge in [-0.1, -0.05) is 35.3 Å². The van der Waals surface area contributed by atoms with Crippen molar-refractivity contribution in [1.29, 1.82) is 0 Å². The Morgan fingerprint density at radius 1 is 0.714 bits per heavy atom. The maximum atomic E-state index is 14.0. The molecule has 4 aromatic rings. The number of aryl methyl sites for hydroxylation is 1. The summed E-state index contributed by atoms with van der Waals surface area (Å²) in [6, 6.07) is 4.81. The molecule has 70 heavy (non-hydrogen) atoms. The summed E-state index contributed by atoms with van der Waals surface area (Å²) in [4.78, 5) is 75.5. The SMILES string of the molecule is CC(C)(C)OC(=O)N1C[C@H](F)C(=O)[C@H]1C(=O)O.CC(C)(C)OC(=O)N1C[C@H](F)C[C@H]1C(=O)CCc1cc(-c2ccc(C(F)(F)F)nc2)c(Cl)cn1.NCc1cc(-c2ccc(C(F)(F)F)nc2)c(Cl)cn1. The van der Waals surface area contributed by atoms with Crippen LogP contribution in [-0.4, -0.2) is 113 Å². The van der Waals surface area contributed by atoms with Crippen LogP contribution in [0.25, 0.3) is 22.3 Å². The highest BCUT2D eigenvalue weighted by Crippen LogP contribution is 2.34. The second-order valence-electron chi connectivity index (χ2n) is 17.6. The molecule has 0 spiro atoms. The van der Waals surface area contributed by atoms with Crippen molar-refractivity contribution in [3.63, 3.8) is 0 Å². The normalized spacial score (nSPS) is 18.3. The Morgan fingerprint density at radius 2 is 1.17 bits per heavy atom. The molecule has 0 aromatic carbocycles. The van der Waals surface area contributed by atoms with Crippen LogP contribution in [0.4, 0.5) is 44.7 Å². The van der Waals surface area contributed by atoms with Gasteiger partial charge in [-0.15, -0.1) is 0 Å². The number of Topliss-reactive ketones (excluding diaryl/α,β-unsaturated/α-hetero) is 2. The van der Waals surface area contributed by atoms with E-state index in [1.54, 1.807) is 53.7 Å². The topological polar surface area (TPSA) is 208 Å². The van der Waals surface area contributed by atoms with Gasteiger partial charge in [0.2, 0.25) is 5.78 Å². The number of halogens is 10. The summed E-state index contributed by atoms with van der Waals surface area (Å²) >= 11 is 12.1. The molecule has 0 unspecified atom stereocenters. The lowest BCUT2D eigenvalue weighted by Gasteiger charge is -2.27. The highest BCUT2D eigenvalue weighted by molar-refractivity contribution is 6.33. The van der Waals surface area contributed by atoms with Crippen LogP contribution in [0.15, 0.2) is 61.2 Å². The van der Waals surface area contributed by atoms with E-state index >= 15 is 0 Å². The van der Waals surface area contributed by atoms with Crippen molar-refractivity contribution in [1.82, 2.24) is 29.7 Å². The molecule has 2 fully saturated rings. The minimum Gasteiger partial charge on any atom is -0.479 e. The highest BCUT2D eigenvalue weighted by atomic mass is 35.5. The first kappa shape index (κ1) is 56.5. The quantitative estimate of drug-likeness (QED) is 0.125. The average molecular weight is 1040 g/mol. The molecule has 25 heteroatoms. The van der Waals surface area contributed by atoms with Crippen molar-refractivity contribution in [2.45, 2.75) is 115 Å². The third kappa shape index (κ3) is 15.7. The number of hydrogen-bond donors (Lipinski definition) is 2.